The lowest BCUT2D eigenvalue weighted by molar-refractivity contribution is -0.137. The molecule has 0 unspecified atom stereocenters. The Bertz CT molecular complexity index is 687. The maximum Gasteiger partial charge on any atom is 0.416 e. The minimum Gasteiger partial charge on any atom is -0.298 e. The number of hydrogen-bond donors (Lipinski definition) is 0. The molecule has 0 fully saturated rings. The van der Waals surface area contributed by atoms with Crippen LogP contribution in [0.4, 0.5) is 17.6 Å². The van der Waals surface area contributed by atoms with Gasteiger partial charge < -0.3 is 0 Å². The second kappa shape index (κ2) is 5.91. The lowest BCUT2D eigenvalue weighted by Gasteiger charge is -2.10. The molecular weight excluding hydrogens is 284 g/mol. The van der Waals surface area contributed by atoms with Gasteiger partial charge in [-0.3, -0.25) is 4.79 Å². The third kappa shape index (κ3) is 3.78. The summed E-state index contributed by atoms with van der Waals surface area (Å²) in [4.78, 5) is 10.6. The topological polar surface area (TPSA) is 17.1 Å². The highest BCUT2D eigenvalue weighted by atomic mass is 19.4. The molecule has 0 saturated heterocycles. The molecule has 5 heteroatoms. The molecule has 0 spiro atoms. The summed E-state index contributed by atoms with van der Waals surface area (Å²) >= 11 is 0. The second-order valence-corrected chi connectivity index (χ2v) is 4.35. The summed E-state index contributed by atoms with van der Waals surface area (Å²) in [5, 5.41) is 0. The molecule has 0 atom stereocenters. The molecule has 0 aliphatic heterocycles. The minimum absolute atomic E-state index is 0.265. The van der Waals surface area contributed by atoms with E-state index < -0.39 is 17.6 Å². The first-order valence-electron chi connectivity index (χ1n) is 6.00. The fourth-order valence-corrected chi connectivity index (χ4v) is 1.85. The summed E-state index contributed by atoms with van der Waals surface area (Å²) < 4.78 is 51.6. The standard InChI is InChI=1S/C16H10F4O/c17-14-6-7-15(16(18,19)20)13(9-14)5-4-11-2-1-3-12(8-11)10-21/h1-10H/b5-4+. The van der Waals surface area contributed by atoms with E-state index in [0.717, 1.165) is 12.1 Å². The van der Waals surface area contributed by atoms with Gasteiger partial charge in [-0.05, 0) is 35.4 Å². The second-order valence-electron chi connectivity index (χ2n) is 4.35. The van der Waals surface area contributed by atoms with Crippen molar-refractivity contribution in [3.05, 3.63) is 70.5 Å². The third-order valence-corrected chi connectivity index (χ3v) is 2.82. The van der Waals surface area contributed by atoms with Crippen LogP contribution in [0, 0.1) is 5.82 Å². The monoisotopic (exact) mass is 294 g/mol. The lowest BCUT2D eigenvalue weighted by atomic mass is 10.0. The summed E-state index contributed by atoms with van der Waals surface area (Å²) in [6.45, 7) is 0. The zero-order chi connectivity index (χ0) is 15.5. The van der Waals surface area contributed by atoms with Gasteiger partial charge in [-0.2, -0.15) is 13.2 Å². The van der Waals surface area contributed by atoms with Gasteiger partial charge in [0.15, 0.2) is 0 Å². The number of hydrogen-bond acceptors (Lipinski definition) is 1. The Morgan fingerprint density at radius 1 is 0.905 bits per heavy atom. The van der Waals surface area contributed by atoms with Crippen molar-refractivity contribution in [2.75, 3.05) is 0 Å². The molecule has 0 aromatic heterocycles. The van der Waals surface area contributed by atoms with Gasteiger partial charge in [0.1, 0.15) is 12.1 Å². The number of carbonyl (C=O) groups excluding carboxylic acids is 1. The number of alkyl halides is 3. The first kappa shape index (κ1) is 15.0. The van der Waals surface area contributed by atoms with E-state index >= 15 is 0 Å². The number of carbonyl (C=O) groups is 1. The summed E-state index contributed by atoms with van der Waals surface area (Å²) in [6, 6.07) is 8.65. The van der Waals surface area contributed by atoms with E-state index in [2.05, 4.69) is 0 Å². The number of halogens is 4. The van der Waals surface area contributed by atoms with Gasteiger partial charge in [-0.25, -0.2) is 4.39 Å². The van der Waals surface area contributed by atoms with Crippen LogP contribution in [-0.2, 0) is 6.18 Å². The molecule has 0 saturated carbocycles. The SMILES string of the molecule is O=Cc1cccc(/C=C/c2cc(F)ccc2C(F)(F)F)c1. The molecule has 0 amide bonds. The van der Waals surface area contributed by atoms with Gasteiger partial charge in [0, 0.05) is 5.56 Å². The third-order valence-electron chi connectivity index (χ3n) is 2.82. The molecule has 0 aliphatic carbocycles. The van der Waals surface area contributed by atoms with Crippen LogP contribution < -0.4 is 0 Å². The van der Waals surface area contributed by atoms with Gasteiger partial charge in [0.25, 0.3) is 0 Å². The van der Waals surface area contributed by atoms with Gasteiger partial charge in [0.05, 0.1) is 5.56 Å². The molecule has 1 nitrogen and oxygen atoms in total. The maximum atomic E-state index is 13.1. The smallest absolute Gasteiger partial charge is 0.298 e. The van der Waals surface area contributed by atoms with Crippen LogP contribution in [0.3, 0.4) is 0 Å². The zero-order valence-corrected chi connectivity index (χ0v) is 10.7. The molecule has 108 valence electrons. The Labute approximate surface area is 118 Å². The molecule has 0 aliphatic rings. The van der Waals surface area contributed by atoms with E-state index in [9.17, 15) is 22.4 Å². The molecule has 21 heavy (non-hydrogen) atoms. The van der Waals surface area contributed by atoms with Crippen LogP contribution in [0.5, 0.6) is 0 Å². The largest absolute Gasteiger partial charge is 0.416 e. The van der Waals surface area contributed by atoms with Gasteiger partial charge in [-0.15, -0.1) is 0 Å². The maximum absolute atomic E-state index is 13.1. The average Bonchev–Trinajstić information content (AvgIpc) is 2.44. The van der Waals surface area contributed by atoms with E-state index in [-0.39, 0.29) is 5.56 Å². The molecule has 0 radical (unpaired) electrons. The molecular formula is C16H10F4O. The van der Waals surface area contributed by atoms with Crippen LogP contribution >= 0.6 is 0 Å². The van der Waals surface area contributed by atoms with E-state index in [1.165, 1.54) is 18.2 Å². The summed E-state index contributed by atoms with van der Waals surface area (Å²) in [5.74, 6) is -0.746. The van der Waals surface area contributed by atoms with Crippen molar-refractivity contribution in [3.8, 4) is 0 Å². The van der Waals surface area contributed by atoms with Crippen LogP contribution in [0.2, 0.25) is 0 Å². The predicted molar refractivity (Wildman–Crippen MR) is 72.2 cm³/mol. The van der Waals surface area contributed by atoms with Crippen molar-refractivity contribution < 1.29 is 22.4 Å². The van der Waals surface area contributed by atoms with Gasteiger partial charge in [0.2, 0.25) is 0 Å². The highest BCUT2D eigenvalue weighted by Gasteiger charge is 2.32. The molecule has 2 aromatic rings. The van der Waals surface area contributed by atoms with Crippen molar-refractivity contribution >= 4 is 18.4 Å². The molecule has 0 heterocycles. The van der Waals surface area contributed by atoms with Crippen molar-refractivity contribution in [3.63, 3.8) is 0 Å². The quantitative estimate of drug-likeness (QED) is 0.450. The first-order chi connectivity index (χ1) is 9.90. The summed E-state index contributed by atoms with van der Waals surface area (Å²) in [6.07, 6.45) is -1.34. The van der Waals surface area contributed by atoms with Gasteiger partial charge >= 0.3 is 6.18 Å². The normalized spacial score (nSPS) is 11.8. The molecule has 0 N–H and O–H groups in total. The Morgan fingerprint density at radius 3 is 2.29 bits per heavy atom. The summed E-state index contributed by atoms with van der Waals surface area (Å²) in [7, 11) is 0. The molecule has 2 aromatic carbocycles. The first-order valence-corrected chi connectivity index (χ1v) is 6.00. The molecule has 0 bridgehead atoms. The zero-order valence-electron chi connectivity index (χ0n) is 10.7. The number of rotatable bonds is 3. The number of benzene rings is 2. The molecule has 2 rings (SSSR count). The van der Waals surface area contributed by atoms with Crippen LogP contribution in [0.15, 0.2) is 42.5 Å². The Hall–Kier alpha value is -2.43. The highest BCUT2D eigenvalue weighted by molar-refractivity contribution is 5.78. The van der Waals surface area contributed by atoms with E-state index in [0.29, 0.717) is 23.5 Å². The van der Waals surface area contributed by atoms with E-state index in [1.54, 1.807) is 18.2 Å². The van der Waals surface area contributed by atoms with Crippen LogP contribution in [0.25, 0.3) is 12.2 Å². The van der Waals surface area contributed by atoms with E-state index in [4.69, 9.17) is 0 Å². The lowest BCUT2D eigenvalue weighted by Crippen LogP contribution is -2.07. The van der Waals surface area contributed by atoms with Crippen molar-refractivity contribution in [1.82, 2.24) is 0 Å². The highest BCUT2D eigenvalue weighted by Crippen LogP contribution is 2.33. The number of aldehydes is 1. The summed E-state index contributed by atoms with van der Waals surface area (Å²) in [5.41, 5.74) is -0.213. The Kier molecular flexibility index (Phi) is 4.21. The fourth-order valence-electron chi connectivity index (χ4n) is 1.85. The average molecular weight is 294 g/mol. The van der Waals surface area contributed by atoms with Crippen molar-refractivity contribution in [1.29, 1.82) is 0 Å². The van der Waals surface area contributed by atoms with Crippen LogP contribution in [0.1, 0.15) is 27.0 Å². The van der Waals surface area contributed by atoms with Gasteiger partial charge in [-0.1, -0.05) is 30.4 Å². The minimum atomic E-state index is -4.56. The van der Waals surface area contributed by atoms with Crippen molar-refractivity contribution in [2.24, 2.45) is 0 Å². The fraction of sp³-hybridized carbons (Fsp3) is 0.0625. The van der Waals surface area contributed by atoms with Crippen LogP contribution in [-0.4, -0.2) is 6.29 Å². The van der Waals surface area contributed by atoms with E-state index in [1.807, 2.05) is 0 Å². The van der Waals surface area contributed by atoms with Crippen molar-refractivity contribution in [2.45, 2.75) is 6.18 Å². The Balaban J connectivity index is 2.40. The Morgan fingerprint density at radius 2 is 1.62 bits per heavy atom. The predicted octanol–water partition coefficient (Wildman–Crippen LogP) is 4.83.